The van der Waals surface area contributed by atoms with Crippen molar-refractivity contribution in [2.45, 2.75) is 12.2 Å². The highest BCUT2D eigenvalue weighted by molar-refractivity contribution is 8.15. The normalized spacial score (nSPS) is 19.7. The zero-order valence-electron chi connectivity index (χ0n) is 13.6. The fourth-order valence-corrected chi connectivity index (χ4v) is 4.47. The summed E-state index contributed by atoms with van der Waals surface area (Å²) in [7, 11) is 0. The molecule has 2 aromatic rings. The number of carbonyl (C=O) groups excluding carboxylic acids is 2. The molecule has 0 N–H and O–H groups in total. The third kappa shape index (κ3) is 2.86. The van der Waals surface area contributed by atoms with Crippen LogP contribution in [0.3, 0.4) is 0 Å². The highest BCUT2D eigenvalue weighted by Crippen LogP contribution is 2.40. The average molecular weight is 403 g/mol. The van der Waals surface area contributed by atoms with Gasteiger partial charge in [0.15, 0.2) is 0 Å². The molecule has 0 saturated carbocycles. The standard InChI is InChI=1S/C19H12Cl2N2O2S/c1-10-15-16(26-17(22-10)11-2-4-12(20)5-3-11)19(25)23(18(15)24)14-8-6-13(21)7-9-14/h2-9,16H,1H3. The maximum absolute atomic E-state index is 13.0. The van der Waals surface area contributed by atoms with Crippen molar-refractivity contribution >= 4 is 57.5 Å². The summed E-state index contributed by atoms with van der Waals surface area (Å²) < 4.78 is 0. The van der Waals surface area contributed by atoms with E-state index in [9.17, 15) is 9.59 Å². The molecule has 0 aliphatic carbocycles. The van der Waals surface area contributed by atoms with Crippen LogP contribution in [0.15, 0.2) is 64.8 Å². The van der Waals surface area contributed by atoms with Crippen molar-refractivity contribution in [2.75, 3.05) is 4.90 Å². The molecule has 1 saturated heterocycles. The predicted octanol–water partition coefficient (Wildman–Crippen LogP) is 4.70. The topological polar surface area (TPSA) is 49.7 Å². The minimum absolute atomic E-state index is 0.266. The molecule has 0 spiro atoms. The molecule has 4 rings (SSSR count). The number of hydrogen-bond donors (Lipinski definition) is 0. The number of rotatable bonds is 2. The summed E-state index contributed by atoms with van der Waals surface area (Å²) in [6.45, 7) is 1.76. The second-order valence-electron chi connectivity index (χ2n) is 5.88. The number of amides is 2. The van der Waals surface area contributed by atoms with Gasteiger partial charge in [0.05, 0.1) is 11.3 Å². The Hall–Kier alpha value is -2.08. The zero-order valence-corrected chi connectivity index (χ0v) is 15.9. The van der Waals surface area contributed by atoms with E-state index in [1.807, 2.05) is 12.1 Å². The van der Waals surface area contributed by atoms with E-state index in [2.05, 4.69) is 4.99 Å². The molecule has 2 heterocycles. The van der Waals surface area contributed by atoms with Crippen molar-refractivity contribution < 1.29 is 9.59 Å². The molecule has 2 aromatic carbocycles. The number of thioether (sulfide) groups is 1. The van der Waals surface area contributed by atoms with Gasteiger partial charge in [-0.05, 0) is 43.3 Å². The Morgan fingerprint density at radius 3 is 2.15 bits per heavy atom. The van der Waals surface area contributed by atoms with E-state index in [1.54, 1.807) is 43.3 Å². The van der Waals surface area contributed by atoms with Crippen molar-refractivity contribution in [1.29, 1.82) is 0 Å². The highest BCUT2D eigenvalue weighted by Gasteiger charge is 2.48. The lowest BCUT2D eigenvalue weighted by Crippen LogP contribution is -2.31. The number of fused-ring (bicyclic) bond motifs is 1. The Morgan fingerprint density at radius 1 is 0.962 bits per heavy atom. The van der Waals surface area contributed by atoms with Gasteiger partial charge in [-0.3, -0.25) is 9.59 Å². The van der Waals surface area contributed by atoms with E-state index in [0.29, 0.717) is 32.0 Å². The number of carbonyl (C=O) groups is 2. The van der Waals surface area contributed by atoms with Gasteiger partial charge in [-0.15, -0.1) is 0 Å². The van der Waals surface area contributed by atoms with E-state index in [0.717, 1.165) is 5.56 Å². The first kappa shape index (κ1) is 17.3. The maximum atomic E-state index is 13.0. The van der Waals surface area contributed by atoms with Crippen LogP contribution in [0.1, 0.15) is 12.5 Å². The number of aliphatic imine (C=N–C) groups is 1. The SMILES string of the molecule is CC1=C2C(=O)N(c3ccc(Cl)cc3)C(=O)C2SC(c2ccc(Cl)cc2)=N1. The molecule has 2 aliphatic rings. The van der Waals surface area contributed by atoms with Gasteiger partial charge in [-0.25, -0.2) is 9.89 Å². The van der Waals surface area contributed by atoms with Crippen molar-refractivity contribution in [1.82, 2.24) is 0 Å². The molecule has 0 bridgehead atoms. The Balaban J connectivity index is 1.71. The summed E-state index contributed by atoms with van der Waals surface area (Å²) in [4.78, 5) is 31.5. The van der Waals surface area contributed by atoms with Gasteiger partial charge in [-0.2, -0.15) is 0 Å². The van der Waals surface area contributed by atoms with Gasteiger partial charge in [0, 0.05) is 21.3 Å². The third-order valence-electron chi connectivity index (χ3n) is 4.20. The van der Waals surface area contributed by atoms with Crippen LogP contribution in [0.25, 0.3) is 0 Å². The van der Waals surface area contributed by atoms with Crippen LogP contribution in [0.5, 0.6) is 0 Å². The second kappa shape index (κ2) is 6.58. The molecule has 7 heteroatoms. The van der Waals surface area contributed by atoms with Gasteiger partial charge < -0.3 is 0 Å². The van der Waals surface area contributed by atoms with Crippen LogP contribution >= 0.6 is 35.0 Å². The van der Waals surface area contributed by atoms with E-state index in [4.69, 9.17) is 23.2 Å². The largest absolute Gasteiger partial charge is 0.272 e. The van der Waals surface area contributed by atoms with Crippen LogP contribution in [0, 0.1) is 0 Å². The van der Waals surface area contributed by atoms with Crippen LogP contribution in [-0.2, 0) is 9.59 Å². The first-order chi connectivity index (χ1) is 12.5. The molecular formula is C19H12Cl2N2O2S. The predicted molar refractivity (Wildman–Crippen MR) is 106 cm³/mol. The van der Waals surface area contributed by atoms with Crippen molar-refractivity contribution in [3.63, 3.8) is 0 Å². The van der Waals surface area contributed by atoms with Gasteiger partial charge >= 0.3 is 0 Å². The number of anilines is 1. The minimum atomic E-state index is -0.596. The number of allylic oxidation sites excluding steroid dienone is 1. The van der Waals surface area contributed by atoms with Crippen LogP contribution in [0.4, 0.5) is 5.69 Å². The first-order valence-electron chi connectivity index (χ1n) is 7.81. The molecular weight excluding hydrogens is 391 g/mol. The smallest absolute Gasteiger partial charge is 0.264 e. The molecule has 2 amide bonds. The minimum Gasteiger partial charge on any atom is -0.272 e. The maximum Gasteiger partial charge on any atom is 0.264 e. The zero-order chi connectivity index (χ0) is 18.4. The monoisotopic (exact) mass is 402 g/mol. The lowest BCUT2D eigenvalue weighted by Gasteiger charge is -2.17. The van der Waals surface area contributed by atoms with Gasteiger partial charge in [-0.1, -0.05) is 47.1 Å². The molecule has 4 nitrogen and oxygen atoms in total. The number of nitrogens with zero attached hydrogens (tertiary/aromatic N) is 2. The summed E-state index contributed by atoms with van der Waals surface area (Å²) in [5, 5.41) is 1.28. The third-order valence-corrected chi connectivity index (χ3v) is 5.93. The molecule has 1 fully saturated rings. The fraction of sp³-hybridized carbons (Fsp3) is 0.105. The average Bonchev–Trinajstić information content (AvgIpc) is 2.88. The summed E-state index contributed by atoms with van der Waals surface area (Å²) in [6, 6.07) is 13.9. The summed E-state index contributed by atoms with van der Waals surface area (Å²) in [5.74, 6) is -0.593. The highest BCUT2D eigenvalue weighted by atomic mass is 35.5. The molecule has 1 atom stereocenters. The van der Waals surface area contributed by atoms with Crippen LogP contribution < -0.4 is 4.90 Å². The fourth-order valence-electron chi connectivity index (χ4n) is 2.94. The molecule has 130 valence electrons. The summed E-state index contributed by atoms with van der Waals surface area (Å²) >= 11 is 13.1. The van der Waals surface area contributed by atoms with Crippen molar-refractivity contribution in [3.8, 4) is 0 Å². The Morgan fingerprint density at radius 2 is 1.54 bits per heavy atom. The van der Waals surface area contributed by atoms with Crippen molar-refractivity contribution in [3.05, 3.63) is 75.4 Å². The molecule has 26 heavy (non-hydrogen) atoms. The Labute approximate surface area is 164 Å². The lowest BCUT2D eigenvalue weighted by molar-refractivity contribution is -0.120. The first-order valence-corrected chi connectivity index (χ1v) is 9.45. The van der Waals surface area contributed by atoms with Gasteiger partial charge in [0.2, 0.25) is 0 Å². The quantitative estimate of drug-likeness (QED) is 0.683. The molecule has 0 aromatic heterocycles. The molecule has 0 radical (unpaired) electrons. The van der Waals surface area contributed by atoms with E-state index < -0.39 is 5.25 Å². The Kier molecular flexibility index (Phi) is 4.39. The number of imide groups is 1. The van der Waals surface area contributed by atoms with Crippen LogP contribution in [-0.4, -0.2) is 22.1 Å². The lowest BCUT2D eigenvalue weighted by atomic mass is 10.1. The number of halogens is 2. The summed E-state index contributed by atoms with van der Waals surface area (Å²) in [6.07, 6.45) is 0. The van der Waals surface area contributed by atoms with Gasteiger partial charge in [0.1, 0.15) is 10.3 Å². The van der Waals surface area contributed by atoms with Crippen molar-refractivity contribution in [2.24, 2.45) is 4.99 Å². The van der Waals surface area contributed by atoms with E-state index in [-0.39, 0.29) is 11.8 Å². The van der Waals surface area contributed by atoms with E-state index >= 15 is 0 Å². The van der Waals surface area contributed by atoms with Crippen LogP contribution in [0.2, 0.25) is 10.0 Å². The summed E-state index contributed by atoms with van der Waals surface area (Å²) in [5.41, 5.74) is 2.37. The second-order valence-corrected chi connectivity index (χ2v) is 7.84. The number of hydrogen-bond acceptors (Lipinski definition) is 4. The van der Waals surface area contributed by atoms with Gasteiger partial charge in [0.25, 0.3) is 11.8 Å². The molecule has 1 unspecified atom stereocenters. The molecule has 2 aliphatic heterocycles. The van der Waals surface area contributed by atoms with E-state index in [1.165, 1.54) is 16.7 Å². The number of benzene rings is 2. The Bertz CT molecular complexity index is 982.